The second-order valence-corrected chi connectivity index (χ2v) is 11.2. The molecule has 0 heterocycles. The van der Waals surface area contributed by atoms with Crippen molar-refractivity contribution in [3.63, 3.8) is 0 Å². The third-order valence-electron chi connectivity index (χ3n) is 3.47. The summed E-state index contributed by atoms with van der Waals surface area (Å²) in [6, 6.07) is 8.93. The average Bonchev–Trinajstić information content (AvgIpc) is 2.36. The second-order valence-electron chi connectivity index (χ2n) is 5.80. The van der Waals surface area contributed by atoms with Crippen LogP contribution in [0.2, 0.25) is 0 Å². The molecule has 0 saturated heterocycles. The summed E-state index contributed by atoms with van der Waals surface area (Å²) in [7, 11) is 0. The van der Waals surface area contributed by atoms with Crippen LogP contribution in [0.25, 0.3) is 0 Å². The maximum atomic E-state index is 11.7. The van der Waals surface area contributed by atoms with E-state index in [0.29, 0.717) is 6.42 Å². The van der Waals surface area contributed by atoms with Crippen molar-refractivity contribution in [3.8, 4) is 0 Å². The van der Waals surface area contributed by atoms with Crippen LogP contribution >= 0.6 is 17.7 Å². The normalized spacial score (nSPS) is 14.4. The Morgan fingerprint density at radius 3 is 2.10 bits per heavy atom. The fraction of sp³-hybridized carbons (Fsp3) is 0.571. The monoisotopic (exact) mass is 334 g/mol. The van der Waals surface area contributed by atoms with Gasteiger partial charge in [0.15, 0.2) is 0 Å². The zero-order valence-corrected chi connectivity index (χ0v) is 14.6. The van der Waals surface area contributed by atoms with E-state index in [9.17, 15) is 15.0 Å². The van der Waals surface area contributed by atoms with Crippen LogP contribution in [0, 0.1) is 10.1 Å². The minimum atomic E-state index is -4.73. The van der Waals surface area contributed by atoms with Gasteiger partial charge in [0.2, 0.25) is 0 Å². The van der Waals surface area contributed by atoms with Crippen molar-refractivity contribution >= 4 is 17.7 Å². The van der Waals surface area contributed by atoms with Gasteiger partial charge in [0.25, 0.3) is 0 Å². The molecule has 0 aliphatic heterocycles. The molecular formula is C14H24ClN2O3P. The Labute approximate surface area is 131 Å². The number of benzene rings is 1. The van der Waals surface area contributed by atoms with Crippen molar-refractivity contribution < 1.29 is 9.59 Å². The quantitative estimate of drug-likeness (QED) is 0.463. The molecular weight excluding hydrogens is 311 g/mol. The van der Waals surface area contributed by atoms with Gasteiger partial charge in [-0.25, -0.2) is 0 Å². The van der Waals surface area contributed by atoms with E-state index in [0.717, 1.165) is 5.56 Å². The number of nitrogens with zero attached hydrogens (tertiary/aromatic N) is 2. The zero-order chi connectivity index (χ0) is 16.3. The van der Waals surface area contributed by atoms with Gasteiger partial charge < -0.3 is 0 Å². The number of rotatable bonds is 7. The van der Waals surface area contributed by atoms with Gasteiger partial charge in [-0.3, -0.25) is 0 Å². The zero-order valence-electron chi connectivity index (χ0n) is 12.9. The van der Waals surface area contributed by atoms with Crippen LogP contribution in [0.15, 0.2) is 30.3 Å². The number of halogens is 1. The first-order chi connectivity index (χ1) is 9.58. The molecule has 120 valence electrons. The Kier molecular flexibility index (Phi) is 5.73. The van der Waals surface area contributed by atoms with Crippen molar-refractivity contribution in [2.75, 3.05) is 6.16 Å². The summed E-state index contributed by atoms with van der Waals surface area (Å²) in [5.74, 6) is 0. The Bertz CT molecular complexity index is 486. The number of nitro groups is 1. The van der Waals surface area contributed by atoms with Crippen LogP contribution in [0.1, 0.15) is 33.3 Å². The standard InChI is InChI=1S/C14H24ClN2O3P/c1-12(2)16(13(3)4)21(15,20,17(18)19)11-10-14-8-6-5-7-9-14/h5-9,12-13,20H,10-11H2,1-4H3. The van der Waals surface area contributed by atoms with Gasteiger partial charge in [0, 0.05) is 0 Å². The van der Waals surface area contributed by atoms with Gasteiger partial charge in [-0.2, -0.15) is 0 Å². The Morgan fingerprint density at radius 2 is 1.71 bits per heavy atom. The summed E-state index contributed by atoms with van der Waals surface area (Å²) in [6.45, 7) is 2.52. The second kappa shape index (κ2) is 6.57. The van der Waals surface area contributed by atoms with E-state index in [1.807, 2.05) is 58.0 Å². The number of hydrogen-bond acceptors (Lipinski definition) is 4. The van der Waals surface area contributed by atoms with Crippen molar-refractivity contribution in [1.82, 2.24) is 4.67 Å². The van der Waals surface area contributed by atoms with E-state index in [-0.39, 0.29) is 18.2 Å². The minimum absolute atomic E-state index is 0.0689. The molecule has 0 saturated carbocycles. The molecule has 0 bridgehead atoms. The van der Waals surface area contributed by atoms with E-state index in [1.54, 1.807) is 0 Å². The van der Waals surface area contributed by atoms with Crippen LogP contribution in [-0.4, -0.2) is 32.5 Å². The Balaban J connectivity index is 3.13. The van der Waals surface area contributed by atoms with Crippen LogP contribution in [0.4, 0.5) is 0 Å². The first-order valence-corrected chi connectivity index (χ1v) is 10.2. The molecule has 21 heavy (non-hydrogen) atoms. The topological polar surface area (TPSA) is 66.6 Å². The molecule has 0 fully saturated rings. The van der Waals surface area contributed by atoms with Crippen LogP contribution in [0.3, 0.4) is 0 Å². The summed E-state index contributed by atoms with van der Waals surface area (Å²) in [5.41, 5.74) is 0.926. The van der Waals surface area contributed by atoms with Crippen molar-refractivity contribution in [2.24, 2.45) is 0 Å². The number of aryl methyl sites for hydroxylation is 1. The maximum absolute atomic E-state index is 11.7. The molecule has 0 aromatic heterocycles. The van der Waals surface area contributed by atoms with Crippen LogP contribution < -0.4 is 0 Å². The number of hydrogen-bond donors (Lipinski definition) is 1. The summed E-state index contributed by atoms with van der Waals surface area (Å²) >= 11 is 6.35. The first-order valence-electron chi connectivity index (χ1n) is 7.04. The van der Waals surface area contributed by atoms with Crippen molar-refractivity contribution in [2.45, 2.75) is 46.2 Å². The molecule has 0 unspecified atom stereocenters. The molecule has 1 aromatic carbocycles. The third kappa shape index (κ3) is 3.92. The van der Waals surface area contributed by atoms with Gasteiger partial charge in [0.1, 0.15) is 0 Å². The predicted molar refractivity (Wildman–Crippen MR) is 89.1 cm³/mol. The van der Waals surface area contributed by atoms with E-state index in [2.05, 4.69) is 0 Å². The van der Waals surface area contributed by atoms with Gasteiger partial charge in [0.05, 0.1) is 0 Å². The summed E-state index contributed by atoms with van der Waals surface area (Å²) in [5, 5.41) is 11.7. The van der Waals surface area contributed by atoms with Gasteiger partial charge in [-0.05, 0) is 0 Å². The summed E-state index contributed by atoms with van der Waals surface area (Å²) < 4.78 is 0.812. The molecule has 0 aliphatic carbocycles. The van der Waals surface area contributed by atoms with Gasteiger partial charge in [-0.1, -0.05) is 0 Å². The van der Waals surface area contributed by atoms with E-state index in [1.165, 1.54) is 4.67 Å². The molecule has 0 atom stereocenters. The fourth-order valence-electron chi connectivity index (χ4n) is 2.76. The summed E-state index contributed by atoms with van der Waals surface area (Å²) in [6.07, 6.45) is 0.302. The molecule has 1 aromatic rings. The molecule has 0 aliphatic rings. The molecule has 7 heteroatoms. The van der Waals surface area contributed by atoms with Gasteiger partial charge in [-0.15, -0.1) is 0 Å². The van der Waals surface area contributed by atoms with E-state index < -0.39 is 11.2 Å². The fourth-order valence-corrected chi connectivity index (χ4v) is 7.09. The molecule has 0 amide bonds. The van der Waals surface area contributed by atoms with Crippen LogP contribution in [0.5, 0.6) is 0 Å². The molecule has 1 rings (SSSR count). The van der Waals surface area contributed by atoms with Crippen molar-refractivity contribution in [3.05, 3.63) is 46.0 Å². The molecule has 0 radical (unpaired) electrons. The third-order valence-corrected chi connectivity index (χ3v) is 8.34. The first kappa shape index (κ1) is 18.3. The van der Waals surface area contributed by atoms with Crippen molar-refractivity contribution in [1.29, 1.82) is 0 Å². The average molecular weight is 335 g/mol. The molecule has 0 spiro atoms. The van der Waals surface area contributed by atoms with E-state index in [4.69, 9.17) is 11.2 Å². The summed E-state index contributed by atoms with van der Waals surface area (Å²) in [4.78, 5) is 22.6. The van der Waals surface area contributed by atoms with E-state index >= 15 is 0 Å². The molecule has 1 N–H and O–H groups in total. The van der Waals surface area contributed by atoms with Gasteiger partial charge >= 0.3 is 130 Å². The predicted octanol–water partition coefficient (Wildman–Crippen LogP) is 4.07. The Morgan fingerprint density at radius 1 is 1.24 bits per heavy atom. The Hall–Kier alpha value is -0.740. The van der Waals surface area contributed by atoms with Crippen LogP contribution in [-0.2, 0) is 6.42 Å². The SMILES string of the molecule is CC(C)N(C(C)C)P(O)(Cl)(CCc1ccccc1)[N+](=O)[O-]. The molecule has 5 nitrogen and oxygen atoms in total.